The smallest absolute Gasteiger partial charge is 0.229 e. The fraction of sp³-hybridized carbons (Fsp3) is 0.400. The molecule has 7 heteroatoms. The molecule has 5 nitrogen and oxygen atoms in total. The molecule has 2 aromatic rings. The first kappa shape index (κ1) is 21.5. The molecule has 2 fully saturated rings. The van der Waals surface area contributed by atoms with Gasteiger partial charge in [-0.1, -0.05) is 12.1 Å². The first-order valence-corrected chi connectivity index (χ1v) is 8.89. The zero-order chi connectivity index (χ0) is 17.2. The summed E-state index contributed by atoms with van der Waals surface area (Å²) in [4.78, 5) is 16.7. The molecule has 3 N–H and O–H groups in total. The van der Waals surface area contributed by atoms with Crippen molar-refractivity contribution in [2.75, 3.05) is 5.32 Å². The molecule has 0 radical (unpaired) electrons. The first-order chi connectivity index (χ1) is 12.2. The van der Waals surface area contributed by atoms with Crippen LogP contribution >= 0.6 is 24.8 Å². The van der Waals surface area contributed by atoms with Gasteiger partial charge in [0.25, 0.3) is 0 Å². The standard InChI is InChI=1S/C20H23N3O2.2ClH/c21-19-15-7-6-14(9-15)18(19)20(24)23-16-4-1-5-17(10-16)25-12-13-3-2-8-22-11-13;;/h1-5,8,10-11,14-15,18-19H,6-7,9,12,21H2,(H,23,24);2*1H. The number of halogens is 2. The van der Waals surface area contributed by atoms with Crippen molar-refractivity contribution in [2.24, 2.45) is 23.5 Å². The normalized spacial score (nSPS) is 25.2. The van der Waals surface area contributed by atoms with Crippen molar-refractivity contribution in [3.63, 3.8) is 0 Å². The highest BCUT2D eigenvalue weighted by molar-refractivity contribution is 5.93. The van der Waals surface area contributed by atoms with E-state index in [1.54, 1.807) is 12.4 Å². The van der Waals surface area contributed by atoms with Crippen LogP contribution < -0.4 is 15.8 Å². The summed E-state index contributed by atoms with van der Waals surface area (Å²) >= 11 is 0. The molecule has 27 heavy (non-hydrogen) atoms. The number of carbonyl (C=O) groups excluding carboxylic acids is 1. The summed E-state index contributed by atoms with van der Waals surface area (Å²) < 4.78 is 5.79. The van der Waals surface area contributed by atoms with Crippen LogP contribution in [-0.4, -0.2) is 16.9 Å². The van der Waals surface area contributed by atoms with E-state index < -0.39 is 0 Å². The Balaban J connectivity index is 0.00000131. The Bertz CT molecular complexity index is 758. The molecule has 2 aliphatic rings. The van der Waals surface area contributed by atoms with E-state index in [0.29, 0.717) is 18.4 Å². The fourth-order valence-electron chi connectivity index (χ4n) is 4.26. The molecular formula is C20H25Cl2N3O2. The molecule has 1 heterocycles. The first-order valence-electron chi connectivity index (χ1n) is 8.89. The Labute approximate surface area is 171 Å². The number of fused-ring (bicyclic) bond motifs is 2. The summed E-state index contributed by atoms with van der Waals surface area (Å²) in [5.41, 5.74) is 8.03. The van der Waals surface area contributed by atoms with E-state index in [2.05, 4.69) is 10.3 Å². The molecule has 2 saturated carbocycles. The predicted octanol–water partition coefficient (Wildman–Crippen LogP) is 3.82. The fourth-order valence-corrected chi connectivity index (χ4v) is 4.26. The number of amides is 1. The SMILES string of the molecule is Cl.Cl.NC1C2CCC(C2)C1C(=O)Nc1cccc(OCc2cccnc2)c1. The van der Waals surface area contributed by atoms with Crippen LogP contribution in [0.25, 0.3) is 0 Å². The highest BCUT2D eigenvalue weighted by Crippen LogP contribution is 2.47. The number of anilines is 1. The van der Waals surface area contributed by atoms with Crippen LogP contribution in [0.1, 0.15) is 24.8 Å². The van der Waals surface area contributed by atoms with Gasteiger partial charge in [0, 0.05) is 35.8 Å². The van der Waals surface area contributed by atoms with Crippen LogP contribution in [-0.2, 0) is 11.4 Å². The van der Waals surface area contributed by atoms with Gasteiger partial charge in [0.2, 0.25) is 5.91 Å². The van der Waals surface area contributed by atoms with E-state index in [1.807, 2.05) is 36.4 Å². The lowest BCUT2D eigenvalue weighted by atomic mass is 9.84. The maximum absolute atomic E-state index is 12.7. The van der Waals surface area contributed by atoms with Crippen LogP contribution in [0.2, 0.25) is 0 Å². The molecule has 0 aliphatic heterocycles. The highest BCUT2D eigenvalue weighted by atomic mass is 35.5. The number of rotatable bonds is 5. The summed E-state index contributed by atoms with van der Waals surface area (Å²) in [7, 11) is 0. The third kappa shape index (κ3) is 4.72. The number of benzene rings is 1. The Morgan fingerprint density at radius 1 is 1.19 bits per heavy atom. The summed E-state index contributed by atoms with van der Waals surface area (Å²) in [6.45, 7) is 0.447. The van der Waals surface area contributed by atoms with Crippen LogP contribution in [0.4, 0.5) is 5.69 Å². The van der Waals surface area contributed by atoms with Crippen molar-refractivity contribution < 1.29 is 9.53 Å². The van der Waals surface area contributed by atoms with E-state index in [1.165, 1.54) is 6.42 Å². The number of hydrogen-bond acceptors (Lipinski definition) is 4. The second-order valence-corrected chi connectivity index (χ2v) is 7.10. The number of nitrogens with two attached hydrogens (primary N) is 1. The molecular weight excluding hydrogens is 385 g/mol. The minimum absolute atomic E-state index is 0. The van der Waals surface area contributed by atoms with Gasteiger partial charge in [-0.2, -0.15) is 0 Å². The molecule has 0 spiro atoms. The number of carbonyl (C=O) groups is 1. The highest BCUT2D eigenvalue weighted by Gasteiger charge is 2.49. The van der Waals surface area contributed by atoms with E-state index in [4.69, 9.17) is 10.5 Å². The van der Waals surface area contributed by atoms with Gasteiger partial charge in [-0.3, -0.25) is 9.78 Å². The van der Waals surface area contributed by atoms with Gasteiger partial charge >= 0.3 is 0 Å². The number of pyridine rings is 1. The van der Waals surface area contributed by atoms with Crippen LogP contribution in [0.5, 0.6) is 5.75 Å². The van der Waals surface area contributed by atoms with Gasteiger partial charge in [-0.05, 0) is 49.3 Å². The summed E-state index contributed by atoms with van der Waals surface area (Å²) in [6.07, 6.45) is 6.92. The molecule has 2 bridgehead atoms. The quantitative estimate of drug-likeness (QED) is 0.786. The summed E-state index contributed by atoms with van der Waals surface area (Å²) in [5.74, 6) is 1.68. The Kier molecular flexibility index (Phi) is 7.48. The van der Waals surface area contributed by atoms with Crippen LogP contribution in [0.15, 0.2) is 48.8 Å². The van der Waals surface area contributed by atoms with Gasteiger partial charge < -0.3 is 15.8 Å². The molecule has 1 aromatic heterocycles. The van der Waals surface area contributed by atoms with E-state index >= 15 is 0 Å². The van der Waals surface area contributed by atoms with Crippen LogP contribution in [0, 0.1) is 17.8 Å². The Morgan fingerprint density at radius 3 is 2.70 bits per heavy atom. The van der Waals surface area contributed by atoms with Gasteiger partial charge in [0.1, 0.15) is 12.4 Å². The number of nitrogens with zero attached hydrogens (tertiary/aromatic N) is 1. The number of nitrogens with one attached hydrogen (secondary N) is 1. The minimum atomic E-state index is -0.0567. The van der Waals surface area contributed by atoms with Crippen molar-refractivity contribution >= 4 is 36.4 Å². The lowest BCUT2D eigenvalue weighted by Gasteiger charge is -2.27. The molecule has 4 unspecified atom stereocenters. The maximum Gasteiger partial charge on any atom is 0.229 e. The Morgan fingerprint density at radius 2 is 2.00 bits per heavy atom. The molecule has 2 aliphatic carbocycles. The third-order valence-corrected chi connectivity index (χ3v) is 5.51. The average molecular weight is 410 g/mol. The predicted molar refractivity (Wildman–Crippen MR) is 110 cm³/mol. The molecule has 4 atom stereocenters. The average Bonchev–Trinajstić information content (AvgIpc) is 3.22. The summed E-state index contributed by atoms with van der Waals surface area (Å²) in [6, 6.07) is 11.4. The largest absolute Gasteiger partial charge is 0.489 e. The van der Waals surface area contributed by atoms with Gasteiger partial charge in [0.05, 0.1) is 5.92 Å². The van der Waals surface area contributed by atoms with Crippen molar-refractivity contribution in [3.8, 4) is 5.75 Å². The maximum atomic E-state index is 12.7. The third-order valence-electron chi connectivity index (χ3n) is 5.51. The van der Waals surface area contributed by atoms with Crippen molar-refractivity contribution in [2.45, 2.75) is 31.9 Å². The minimum Gasteiger partial charge on any atom is -0.489 e. The van der Waals surface area contributed by atoms with E-state index in [-0.39, 0.29) is 42.7 Å². The van der Waals surface area contributed by atoms with Gasteiger partial charge in [-0.25, -0.2) is 0 Å². The number of hydrogen-bond donors (Lipinski definition) is 2. The van der Waals surface area contributed by atoms with Crippen molar-refractivity contribution in [1.29, 1.82) is 0 Å². The molecule has 4 rings (SSSR count). The lowest BCUT2D eigenvalue weighted by molar-refractivity contribution is -0.121. The number of aromatic nitrogens is 1. The molecule has 1 amide bonds. The molecule has 0 saturated heterocycles. The van der Waals surface area contributed by atoms with E-state index in [0.717, 1.165) is 29.8 Å². The van der Waals surface area contributed by atoms with Gasteiger partial charge in [0.15, 0.2) is 0 Å². The van der Waals surface area contributed by atoms with Crippen LogP contribution in [0.3, 0.4) is 0 Å². The topological polar surface area (TPSA) is 77.2 Å². The molecule has 146 valence electrons. The zero-order valence-corrected chi connectivity index (χ0v) is 16.5. The second kappa shape index (κ2) is 9.40. The summed E-state index contributed by atoms with van der Waals surface area (Å²) in [5, 5.41) is 3.03. The Hall–Kier alpha value is -1.82. The van der Waals surface area contributed by atoms with Gasteiger partial charge in [-0.15, -0.1) is 24.8 Å². The lowest BCUT2D eigenvalue weighted by Crippen LogP contribution is -2.42. The monoisotopic (exact) mass is 409 g/mol. The number of ether oxygens (including phenoxy) is 1. The van der Waals surface area contributed by atoms with Crippen molar-refractivity contribution in [3.05, 3.63) is 54.4 Å². The molecule has 1 aromatic carbocycles. The van der Waals surface area contributed by atoms with Crippen molar-refractivity contribution in [1.82, 2.24) is 4.98 Å². The zero-order valence-electron chi connectivity index (χ0n) is 14.9. The van der Waals surface area contributed by atoms with E-state index in [9.17, 15) is 4.79 Å². The second-order valence-electron chi connectivity index (χ2n) is 7.10.